The van der Waals surface area contributed by atoms with Crippen LogP contribution in [-0.2, 0) is 0 Å². The van der Waals surface area contributed by atoms with Crippen molar-refractivity contribution in [1.82, 2.24) is 4.90 Å². The van der Waals surface area contributed by atoms with Gasteiger partial charge in [0.05, 0.1) is 0 Å². The Hall–Kier alpha value is -0.510. The lowest BCUT2D eigenvalue weighted by Gasteiger charge is -2.21. The molecule has 3 atom stereocenters. The normalized spacial score (nSPS) is 29.4. The summed E-state index contributed by atoms with van der Waals surface area (Å²) in [6.45, 7) is 5.79. The number of likely N-dealkylation sites (tertiary alicyclic amines) is 1. The number of thioether (sulfide) groups is 1. The molecular weight excluding hydrogens is 240 g/mol. The van der Waals surface area contributed by atoms with Gasteiger partial charge in [0.15, 0.2) is 0 Å². The van der Waals surface area contributed by atoms with Crippen molar-refractivity contribution in [2.24, 2.45) is 11.7 Å². The third-order valence-electron chi connectivity index (χ3n) is 4.33. The number of hydrogen-bond donors (Lipinski definition) is 1. The summed E-state index contributed by atoms with van der Waals surface area (Å²) in [6, 6.07) is 9.23. The van der Waals surface area contributed by atoms with Crippen molar-refractivity contribution < 1.29 is 0 Å². The molecule has 2 nitrogen and oxygen atoms in total. The number of nitrogens with two attached hydrogens (primary N) is 1. The Balaban J connectivity index is 1.62. The van der Waals surface area contributed by atoms with E-state index in [0.717, 1.165) is 5.92 Å². The van der Waals surface area contributed by atoms with Gasteiger partial charge in [0, 0.05) is 35.7 Å². The van der Waals surface area contributed by atoms with Crippen LogP contribution in [0.4, 0.5) is 0 Å². The van der Waals surface area contributed by atoms with Crippen molar-refractivity contribution in [2.45, 2.75) is 30.2 Å². The second-order valence-electron chi connectivity index (χ2n) is 5.71. The van der Waals surface area contributed by atoms with Crippen molar-refractivity contribution >= 4 is 11.8 Å². The molecule has 0 radical (unpaired) electrons. The van der Waals surface area contributed by atoms with E-state index in [4.69, 9.17) is 5.73 Å². The zero-order valence-corrected chi connectivity index (χ0v) is 11.8. The van der Waals surface area contributed by atoms with Gasteiger partial charge in [-0.15, -0.1) is 11.8 Å². The van der Waals surface area contributed by atoms with Crippen LogP contribution in [0, 0.1) is 5.92 Å². The van der Waals surface area contributed by atoms with Crippen LogP contribution in [0.2, 0.25) is 0 Å². The molecule has 0 spiro atoms. The van der Waals surface area contributed by atoms with Crippen LogP contribution in [0.5, 0.6) is 0 Å². The van der Waals surface area contributed by atoms with Gasteiger partial charge < -0.3 is 10.6 Å². The molecule has 0 saturated carbocycles. The van der Waals surface area contributed by atoms with Gasteiger partial charge in [-0.1, -0.05) is 18.2 Å². The van der Waals surface area contributed by atoms with Gasteiger partial charge in [0.25, 0.3) is 0 Å². The smallest absolute Gasteiger partial charge is 0.0108 e. The molecule has 18 heavy (non-hydrogen) atoms. The average molecular weight is 262 g/mol. The Morgan fingerprint density at radius 3 is 3.06 bits per heavy atom. The third kappa shape index (κ3) is 2.44. The van der Waals surface area contributed by atoms with E-state index in [1.165, 1.54) is 36.7 Å². The van der Waals surface area contributed by atoms with Gasteiger partial charge in [0.2, 0.25) is 0 Å². The van der Waals surface area contributed by atoms with E-state index in [0.29, 0.717) is 12.0 Å². The lowest BCUT2D eigenvalue weighted by molar-refractivity contribution is 0.302. The molecule has 1 saturated heterocycles. The molecular formula is C15H22N2S. The summed E-state index contributed by atoms with van der Waals surface area (Å²) in [4.78, 5) is 4.10. The molecule has 1 aromatic carbocycles. The van der Waals surface area contributed by atoms with Gasteiger partial charge in [0.1, 0.15) is 0 Å². The van der Waals surface area contributed by atoms with Crippen molar-refractivity contribution in [3.05, 3.63) is 29.8 Å². The zero-order chi connectivity index (χ0) is 12.5. The van der Waals surface area contributed by atoms with E-state index in [1.807, 2.05) is 11.8 Å². The summed E-state index contributed by atoms with van der Waals surface area (Å²) in [6.07, 6.45) is 1.28. The molecule has 2 N–H and O–H groups in total. The Labute approximate surface area is 114 Å². The van der Waals surface area contributed by atoms with Crippen LogP contribution in [0.3, 0.4) is 0 Å². The minimum atomic E-state index is 0.347. The summed E-state index contributed by atoms with van der Waals surface area (Å²) < 4.78 is 0. The lowest BCUT2D eigenvalue weighted by Crippen LogP contribution is -2.31. The highest BCUT2D eigenvalue weighted by Gasteiger charge is 2.29. The molecule has 3 unspecified atom stereocenters. The number of rotatable bonds is 3. The predicted molar refractivity (Wildman–Crippen MR) is 78.1 cm³/mol. The van der Waals surface area contributed by atoms with Crippen LogP contribution in [0.25, 0.3) is 0 Å². The third-order valence-corrected chi connectivity index (χ3v) is 5.58. The first-order valence-corrected chi connectivity index (χ1v) is 7.92. The van der Waals surface area contributed by atoms with Crippen molar-refractivity contribution in [3.8, 4) is 0 Å². The molecule has 3 heteroatoms. The maximum absolute atomic E-state index is 6.01. The molecule has 0 bridgehead atoms. The molecule has 2 aliphatic rings. The number of benzene rings is 1. The zero-order valence-electron chi connectivity index (χ0n) is 11.0. The van der Waals surface area contributed by atoms with E-state index in [-0.39, 0.29) is 0 Å². The summed E-state index contributed by atoms with van der Waals surface area (Å²) >= 11 is 2.02. The summed E-state index contributed by atoms with van der Waals surface area (Å²) in [5.74, 6) is 2.67. The maximum Gasteiger partial charge on any atom is 0.0108 e. The molecule has 1 aromatic rings. The topological polar surface area (TPSA) is 29.3 Å². The SMILES string of the molecule is CC(N)C1CCN(CC2CSc3ccccc32)C1. The fraction of sp³-hybridized carbons (Fsp3) is 0.600. The quantitative estimate of drug-likeness (QED) is 0.907. The lowest BCUT2D eigenvalue weighted by atomic mass is 10.0. The Bertz CT molecular complexity index is 419. The number of fused-ring (bicyclic) bond motifs is 1. The van der Waals surface area contributed by atoms with Crippen LogP contribution in [-0.4, -0.2) is 36.3 Å². The highest BCUT2D eigenvalue weighted by atomic mass is 32.2. The monoisotopic (exact) mass is 262 g/mol. The second-order valence-corrected chi connectivity index (χ2v) is 6.78. The number of nitrogens with zero attached hydrogens (tertiary/aromatic N) is 1. The molecule has 1 fully saturated rings. The first kappa shape index (κ1) is 12.5. The standard InChI is InChI=1S/C15H22N2S/c1-11(16)12-6-7-17(8-12)9-13-10-18-15-5-3-2-4-14(13)15/h2-5,11-13H,6-10,16H2,1H3. The maximum atomic E-state index is 6.01. The van der Waals surface area contributed by atoms with Crippen molar-refractivity contribution in [1.29, 1.82) is 0 Å². The van der Waals surface area contributed by atoms with E-state index < -0.39 is 0 Å². The van der Waals surface area contributed by atoms with E-state index in [2.05, 4.69) is 36.1 Å². The Kier molecular flexibility index (Phi) is 3.64. The first-order chi connectivity index (χ1) is 8.74. The summed E-state index contributed by atoms with van der Waals surface area (Å²) in [5, 5.41) is 0. The minimum Gasteiger partial charge on any atom is -0.328 e. The minimum absolute atomic E-state index is 0.347. The largest absolute Gasteiger partial charge is 0.328 e. The molecule has 3 rings (SSSR count). The molecule has 2 heterocycles. The van der Waals surface area contributed by atoms with Crippen LogP contribution >= 0.6 is 11.8 Å². The molecule has 0 amide bonds. The Morgan fingerprint density at radius 2 is 2.28 bits per heavy atom. The Morgan fingerprint density at radius 1 is 1.44 bits per heavy atom. The average Bonchev–Trinajstić information content (AvgIpc) is 2.98. The fourth-order valence-corrected chi connectivity index (χ4v) is 4.39. The molecule has 0 aliphatic carbocycles. The van der Waals surface area contributed by atoms with Crippen molar-refractivity contribution in [3.63, 3.8) is 0 Å². The first-order valence-electron chi connectivity index (χ1n) is 6.93. The van der Waals surface area contributed by atoms with Crippen molar-refractivity contribution in [2.75, 3.05) is 25.4 Å². The second kappa shape index (κ2) is 5.24. The highest BCUT2D eigenvalue weighted by molar-refractivity contribution is 7.99. The van der Waals surface area contributed by atoms with Gasteiger partial charge in [-0.05, 0) is 37.4 Å². The molecule has 2 aliphatic heterocycles. The summed E-state index contributed by atoms with van der Waals surface area (Å²) in [5.41, 5.74) is 7.58. The van der Waals surface area contributed by atoms with Gasteiger partial charge in [-0.2, -0.15) is 0 Å². The fourth-order valence-electron chi connectivity index (χ4n) is 3.15. The van der Waals surface area contributed by atoms with Crippen LogP contribution < -0.4 is 5.73 Å². The predicted octanol–water partition coefficient (Wildman–Crippen LogP) is 2.55. The van der Waals surface area contributed by atoms with E-state index >= 15 is 0 Å². The molecule has 98 valence electrons. The molecule has 0 aromatic heterocycles. The van der Waals surface area contributed by atoms with Crippen LogP contribution in [0.1, 0.15) is 24.8 Å². The van der Waals surface area contributed by atoms with Crippen LogP contribution in [0.15, 0.2) is 29.2 Å². The van der Waals surface area contributed by atoms with Gasteiger partial charge >= 0.3 is 0 Å². The van der Waals surface area contributed by atoms with E-state index in [9.17, 15) is 0 Å². The number of hydrogen-bond acceptors (Lipinski definition) is 3. The highest BCUT2D eigenvalue weighted by Crippen LogP contribution is 2.40. The summed E-state index contributed by atoms with van der Waals surface area (Å²) in [7, 11) is 0. The van der Waals surface area contributed by atoms with E-state index in [1.54, 1.807) is 5.56 Å². The van der Waals surface area contributed by atoms with Gasteiger partial charge in [-0.3, -0.25) is 0 Å². The van der Waals surface area contributed by atoms with Gasteiger partial charge in [-0.25, -0.2) is 0 Å².